The molecule has 2 aromatic rings. The van der Waals surface area contributed by atoms with Crippen LogP contribution in [0.25, 0.3) is 10.8 Å². The number of phenolic OH excluding ortho intramolecular Hbond substituents is 1. The van der Waals surface area contributed by atoms with Gasteiger partial charge < -0.3 is 5.11 Å². The summed E-state index contributed by atoms with van der Waals surface area (Å²) in [5.74, 6) is -0.780. The first-order valence-electron chi connectivity index (χ1n) is 5.14. The first-order valence-corrected chi connectivity index (χ1v) is 8.02. The van der Waals surface area contributed by atoms with Gasteiger partial charge in [-0.2, -0.15) is 16.8 Å². The average Bonchev–Trinajstić information content (AvgIpc) is 2.36. The summed E-state index contributed by atoms with van der Waals surface area (Å²) in [6.45, 7) is 0. The Labute approximate surface area is 146 Å². The van der Waals surface area contributed by atoms with Crippen molar-refractivity contribution in [1.29, 1.82) is 0 Å². The molecule has 0 heterocycles. The number of nitrogens with zero attached hydrogens (tertiary/aromatic N) is 1. The molecule has 2 aromatic carbocycles. The SMILES string of the molecule is O=Nc1cc(S(=O)(=O)O)c2c(S(=O)(=O)O)cccc2c1O.[NaH]. The zero-order valence-electron chi connectivity index (χ0n) is 9.96. The van der Waals surface area contributed by atoms with E-state index in [1.165, 1.54) is 0 Å². The molecule has 12 heteroatoms. The Morgan fingerprint density at radius 2 is 1.50 bits per heavy atom. The van der Waals surface area contributed by atoms with Crippen molar-refractivity contribution in [3.8, 4) is 5.75 Å². The van der Waals surface area contributed by atoms with Crippen molar-refractivity contribution in [1.82, 2.24) is 0 Å². The van der Waals surface area contributed by atoms with Crippen LogP contribution in [-0.4, -0.2) is 60.6 Å². The van der Waals surface area contributed by atoms with E-state index >= 15 is 0 Å². The molecule has 0 aliphatic rings. The monoisotopic (exact) mass is 357 g/mol. The second kappa shape index (κ2) is 6.20. The Hall–Kier alpha value is -1.08. The predicted molar refractivity (Wildman–Crippen MR) is 77.8 cm³/mol. The summed E-state index contributed by atoms with van der Waals surface area (Å²) in [6, 6.07) is 3.59. The van der Waals surface area contributed by atoms with E-state index < -0.39 is 46.9 Å². The van der Waals surface area contributed by atoms with Crippen LogP contribution in [0.4, 0.5) is 5.69 Å². The molecule has 0 radical (unpaired) electrons. The van der Waals surface area contributed by atoms with E-state index in [9.17, 15) is 26.8 Å². The third-order valence-electron chi connectivity index (χ3n) is 2.69. The van der Waals surface area contributed by atoms with E-state index in [0.717, 1.165) is 18.2 Å². The van der Waals surface area contributed by atoms with Crippen LogP contribution in [0.15, 0.2) is 39.2 Å². The first-order chi connectivity index (χ1) is 9.57. The van der Waals surface area contributed by atoms with Gasteiger partial charge in [-0.15, -0.1) is 4.91 Å². The molecule has 0 bridgehead atoms. The summed E-state index contributed by atoms with van der Waals surface area (Å²) < 4.78 is 63.6. The fraction of sp³-hybridized carbons (Fsp3) is 0. The van der Waals surface area contributed by atoms with Crippen molar-refractivity contribution in [2.75, 3.05) is 0 Å². The number of phenols is 1. The summed E-state index contributed by atoms with van der Waals surface area (Å²) in [4.78, 5) is 8.76. The summed E-state index contributed by atoms with van der Waals surface area (Å²) in [7, 11) is -9.79. The first kappa shape index (κ1) is 19.0. The molecule has 3 N–H and O–H groups in total. The van der Waals surface area contributed by atoms with Gasteiger partial charge in [0.2, 0.25) is 0 Å². The number of fused-ring (bicyclic) bond motifs is 1. The summed E-state index contributed by atoms with van der Waals surface area (Å²) in [5.41, 5.74) is -0.706. The molecule has 114 valence electrons. The van der Waals surface area contributed by atoms with Gasteiger partial charge in [-0.1, -0.05) is 12.1 Å². The number of hydrogen-bond acceptors (Lipinski definition) is 7. The van der Waals surface area contributed by atoms with Crippen molar-refractivity contribution in [2.45, 2.75) is 9.79 Å². The van der Waals surface area contributed by atoms with Gasteiger partial charge >= 0.3 is 29.6 Å². The van der Waals surface area contributed by atoms with Gasteiger partial charge in [0, 0.05) is 10.8 Å². The van der Waals surface area contributed by atoms with Crippen LogP contribution in [0.3, 0.4) is 0 Å². The minimum absolute atomic E-state index is 0. The van der Waals surface area contributed by atoms with Gasteiger partial charge in [-0.05, 0) is 17.3 Å². The Morgan fingerprint density at radius 1 is 0.955 bits per heavy atom. The minimum atomic E-state index is -4.95. The molecule has 0 aliphatic heterocycles. The van der Waals surface area contributed by atoms with Crippen LogP contribution in [0.1, 0.15) is 0 Å². The van der Waals surface area contributed by atoms with Gasteiger partial charge in [0.1, 0.15) is 9.79 Å². The van der Waals surface area contributed by atoms with Crippen molar-refractivity contribution < 1.29 is 31.0 Å². The number of aromatic hydroxyl groups is 1. The zero-order valence-corrected chi connectivity index (χ0v) is 11.6. The van der Waals surface area contributed by atoms with E-state index in [1.54, 1.807) is 0 Å². The number of nitroso groups, excluding NO2 is 1. The Bertz CT molecular complexity index is 968. The topological polar surface area (TPSA) is 158 Å². The molecule has 0 aliphatic carbocycles. The normalized spacial score (nSPS) is 11.9. The molecule has 0 saturated heterocycles. The van der Waals surface area contributed by atoms with Gasteiger partial charge in [-0.3, -0.25) is 9.11 Å². The van der Waals surface area contributed by atoms with Gasteiger partial charge in [0.25, 0.3) is 20.2 Å². The van der Waals surface area contributed by atoms with E-state index in [2.05, 4.69) is 5.18 Å². The quantitative estimate of drug-likeness (QED) is 0.413. The van der Waals surface area contributed by atoms with Crippen LogP contribution in [0.2, 0.25) is 0 Å². The Morgan fingerprint density at radius 3 is 1.95 bits per heavy atom. The van der Waals surface area contributed by atoms with Crippen molar-refractivity contribution in [3.63, 3.8) is 0 Å². The van der Waals surface area contributed by atoms with Gasteiger partial charge in [-0.25, -0.2) is 0 Å². The van der Waals surface area contributed by atoms with E-state index in [1.807, 2.05) is 0 Å². The van der Waals surface area contributed by atoms with E-state index in [4.69, 9.17) is 9.11 Å². The van der Waals surface area contributed by atoms with Gasteiger partial charge in [0.05, 0.1) is 0 Å². The molecule has 0 atom stereocenters. The molecule has 0 fully saturated rings. The molecule has 0 unspecified atom stereocenters. The molecule has 0 spiro atoms. The molecular formula is C10H8NNaO8S2. The van der Waals surface area contributed by atoms with Crippen LogP contribution >= 0.6 is 0 Å². The van der Waals surface area contributed by atoms with Crippen LogP contribution < -0.4 is 0 Å². The molecule has 0 saturated carbocycles. The Kier molecular flexibility index (Phi) is 5.34. The number of rotatable bonds is 3. The van der Waals surface area contributed by atoms with Crippen molar-refractivity contribution >= 4 is 66.3 Å². The van der Waals surface area contributed by atoms with Crippen molar-refractivity contribution in [2.24, 2.45) is 5.18 Å². The molecule has 0 aromatic heterocycles. The number of benzene rings is 2. The fourth-order valence-corrected chi connectivity index (χ4v) is 3.40. The maximum atomic E-state index is 11.4. The van der Waals surface area contributed by atoms with Crippen LogP contribution in [0.5, 0.6) is 5.75 Å². The second-order valence-electron chi connectivity index (χ2n) is 3.96. The molecule has 2 rings (SSSR count). The molecular weight excluding hydrogens is 349 g/mol. The van der Waals surface area contributed by atoms with E-state index in [-0.39, 0.29) is 34.9 Å². The van der Waals surface area contributed by atoms with Crippen molar-refractivity contribution in [3.05, 3.63) is 29.2 Å². The van der Waals surface area contributed by atoms with Crippen LogP contribution in [-0.2, 0) is 20.2 Å². The summed E-state index contributed by atoms with van der Waals surface area (Å²) in [5, 5.41) is 11.2. The van der Waals surface area contributed by atoms with Gasteiger partial charge in [0.15, 0.2) is 11.4 Å². The molecule has 22 heavy (non-hydrogen) atoms. The fourth-order valence-electron chi connectivity index (χ4n) is 1.87. The summed E-state index contributed by atoms with van der Waals surface area (Å²) >= 11 is 0. The summed E-state index contributed by atoms with van der Waals surface area (Å²) in [6.07, 6.45) is 0. The number of hydrogen-bond donors (Lipinski definition) is 3. The third kappa shape index (κ3) is 3.30. The second-order valence-corrected chi connectivity index (χ2v) is 6.74. The predicted octanol–water partition coefficient (Wildman–Crippen LogP) is 0.788. The maximum absolute atomic E-state index is 11.4. The van der Waals surface area contributed by atoms with E-state index in [0.29, 0.717) is 6.07 Å². The Balaban J connectivity index is 0.00000242. The average molecular weight is 357 g/mol. The standard InChI is InChI=1S/C10H7NO8S2.Na.H/c12-10-5-2-1-3-7(20(14,15)16)9(5)8(21(17,18)19)4-6(10)11-13;;/h1-4,12H,(H,14,15,16)(H,17,18,19);;. The molecule has 9 nitrogen and oxygen atoms in total. The van der Waals surface area contributed by atoms with Crippen LogP contribution in [0, 0.1) is 4.91 Å². The zero-order chi connectivity index (χ0) is 16.0. The third-order valence-corrected chi connectivity index (χ3v) is 4.47. The molecule has 0 amide bonds.